The molecule has 0 spiro atoms. The Kier molecular flexibility index (Phi) is 3.23. The van der Waals surface area contributed by atoms with Crippen molar-refractivity contribution in [3.05, 3.63) is 35.7 Å². The van der Waals surface area contributed by atoms with Gasteiger partial charge in [0.25, 0.3) is 0 Å². The number of carbonyl (C=O) groups excluding carboxylic acids is 1. The van der Waals surface area contributed by atoms with E-state index in [0.717, 1.165) is 6.08 Å². The maximum atomic E-state index is 13.1. The van der Waals surface area contributed by atoms with Crippen LogP contribution >= 0.6 is 0 Å². The third kappa shape index (κ3) is 2.58. The van der Waals surface area contributed by atoms with Gasteiger partial charge in [0.1, 0.15) is 5.82 Å². The third-order valence-corrected chi connectivity index (χ3v) is 1.62. The molecular formula is C10H10FNO2. The van der Waals surface area contributed by atoms with Gasteiger partial charge in [0, 0.05) is 17.3 Å². The fourth-order valence-corrected chi connectivity index (χ4v) is 0.916. The van der Waals surface area contributed by atoms with Gasteiger partial charge < -0.3 is 10.5 Å². The lowest BCUT2D eigenvalue weighted by Crippen LogP contribution is -1.94. The number of benzene rings is 1. The monoisotopic (exact) mass is 195 g/mol. The van der Waals surface area contributed by atoms with Crippen molar-refractivity contribution < 1.29 is 13.9 Å². The van der Waals surface area contributed by atoms with Crippen molar-refractivity contribution in [1.29, 1.82) is 0 Å². The highest BCUT2D eigenvalue weighted by Gasteiger charge is 1.99. The summed E-state index contributed by atoms with van der Waals surface area (Å²) in [7, 11) is 1.25. The van der Waals surface area contributed by atoms with E-state index >= 15 is 0 Å². The smallest absolute Gasteiger partial charge is 0.330 e. The summed E-state index contributed by atoms with van der Waals surface area (Å²) in [5, 5.41) is 0. The fourth-order valence-electron chi connectivity index (χ4n) is 0.916. The van der Waals surface area contributed by atoms with Gasteiger partial charge in [-0.15, -0.1) is 0 Å². The summed E-state index contributed by atoms with van der Waals surface area (Å²) in [6.07, 6.45) is 2.45. The number of ether oxygens (including phenoxy) is 1. The Bertz CT molecular complexity index is 374. The van der Waals surface area contributed by atoms with E-state index in [-0.39, 0.29) is 5.56 Å². The fraction of sp³-hybridized carbons (Fsp3) is 0.100. The van der Waals surface area contributed by atoms with Gasteiger partial charge in [-0.3, -0.25) is 0 Å². The van der Waals surface area contributed by atoms with Crippen LogP contribution < -0.4 is 5.73 Å². The van der Waals surface area contributed by atoms with Gasteiger partial charge in [0.15, 0.2) is 0 Å². The van der Waals surface area contributed by atoms with Gasteiger partial charge in [-0.2, -0.15) is 0 Å². The molecule has 0 aliphatic heterocycles. The van der Waals surface area contributed by atoms with E-state index in [1.165, 1.54) is 31.4 Å². The summed E-state index contributed by atoms with van der Waals surface area (Å²) in [6, 6.07) is 4.13. The molecule has 4 heteroatoms. The van der Waals surface area contributed by atoms with Crippen molar-refractivity contribution in [2.24, 2.45) is 0 Å². The number of nitrogens with two attached hydrogens (primary N) is 1. The lowest BCUT2D eigenvalue weighted by atomic mass is 10.2. The Balaban J connectivity index is 2.90. The van der Waals surface area contributed by atoms with Gasteiger partial charge in [0.2, 0.25) is 0 Å². The summed E-state index contributed by atoms with van der Waals surface area (Å²) in [6.45, 7) is 0. The molecule has 2 N–H and O–H groups in total. The van der Waals surface area contributed by atoms with Gasteiger partial charge in [-0.25, -0.2) is 9.18 Å². The predicted molar refractivity (Wildman–Crippen MR) is 51.9 cm³/mol. The molecule has 0 saturated carbocycles. The molecule has 0 bridgehead atoms. The van der Waals surface area contributed by atoms with Gasteiger partial charge in [-0.05, 0) is 24.3 Å². The first-order valence-corrected chi connectivity index (χ1v) is 3.94. The molecule has 0 atom stereocenters. The van der Waals surface area contributed by atoms with Gasteiger partial charge in [-0.1, -0.05) is 0 Å². The third-order valence-electron chi connectivity index (χ3n) is 1.62. The Morgan fingerprint density at radius 2 is 2.29 bits per heavy atom. The Hall–Kier alpha value is -1.84. The first-order chi connectivity index (χ1) is 6.63. The van der Waals surface area contributed by atoms with Crippen molar-refractivity contribution in [3.63, 3.8) is 0 Å². The van der Waals surface area contributed by atoms with Crippen LogP contribution in [0.4, 0.5) is 10.1 Å². The van der Waals surface area contributed by atoms with Crippen LogP contribution in [-0.2, 0) is 9.53 Å². The zero-order valence-electron chi connectivity index (χ0n) is 7.66. The van der Waals surface area contributed by atoms with Crippen LogP contribution in [0.25, 0.3) is 6.08 Å². The largest absolute Gasteiger partial charge is 0.466 e. The molecule has 1 rings (SSSR count). The molecule has 0 amide bonds. The molecule has 0 aliphatic carbocycles. The molecule has 0 aliphatic rings. The van der Waals surface area contributed by atoms with E-state index < -0.39 is 11.8 Å². The van der Waals surface area contributed by atoms with E-state index in [1.54, 1.807) is 0 Å². The number of hydrogen-bond acceptors (Lipinski definition) is 3. The lowest BCUT2D eigenvalue weighted by Gasteiger charge is -1.98. The lowest BCUT2D eigenvalue weighted by molar-refractivity contribution is -0.134. The molecule has 1 aromatic rings. The summed E-state index contributed by atoms with van der Waals surface area (Å²) in [5.41, 5.74) is 6.15. The second-order valence-corrected chi connectivity index (χ2v) is 2.64. The molecule has 3 nitrogen and oxygen atoms in total. The molecule has 0 fully saturated rings. The second kappa shape index (κ2) is 4.41. The Morgan fingerprint density at radius 3 is 2.93 bits per heavy atom. The molecule has 0 radical (unpaired) electrons. The number of methoxy groups -OCH3 is 1. The highest BCUT2D eigenvalue weighted by atomic mass is 19.1. The first-order valence-electron chi connectivity index (χ1n) is 3.94. The highest BCUT2D eigenvalue weighted by Crippen LogP contribution is 2.13. The maximum Gasteiger partial charge on any atom is 0.330 e. The number of nitrogen functional groups attached to an aromatic ring is 1. The van der Waals surface area contributed by atoms with E-state index in [4.69, 9.17) is 5.73 Å². The minimum Gasteiger partial charge on any atom is -0.466 e. The standard InChI is InChI=1S/C10H10FNO2/c1-14-10(13)5-2-7-6-8(12)3-4-9(7)11/h2-6H,12H2,1H3. The highest BCUT2D eigenvalue weighted by molar-refractivity contribution is 5.87. The molecule has 14 heavy (non-hydrogen) atoms. The SMILES string of the molecule is COC(=O)C=Cc1cc(N)ccc1F. The van der Waals surface area contributed by atoms with Crippen LogP contribution in [0, 0.1) is 5.82 Å². The van der Waals surface area contributed by atoms with Gasteiger partial charge in [0.05, 0.1) is 7.11 Å². The molecule has 1 aromatic carbocycles. The Labute approximate surface area is 81.0 Å². The zero-order chi connectivity index (χ0) is 10.6. The van der Waals surface area contributed by atoms with Crippen molar-refractivity contribution in [2.45, 2.75) is 0 Å². The number of halogens is 1. The van der Waals surface area contributed by atoms with Crippen LogP contribution in [0.15, 0.2) is 24.3 Å². The summed E-state index contributed by atoms with van der Waals surface area (Å²) in [4.78, 5) is 10.7. The molecule has 0 unspecified atom stereocenters. The van der Waals surface area contributed by atoms with Crippen LogP contribution in [-0.4, -0.2) is 13.1 Å². The van der Waals surface area contributed by atoms with E-state index in [2.05, 4.69) is 4.74 Å². The summed E-state index contributed by atoms with van der Waals surface area (Å²) in [5.74, 6) is -0.967. The Morgan fingerprint density at radius 1 is 1.57 bits per heavy atom. The minimum atomic E-state index is -0.535. The summed E-state index contributed by atoms with van der Waals surface area (Å²) < 4.78 is 17.4. The van der Waals surface area contributed by atoms with Crippen molar-refractivity contribution >= 4 is 17.7 Å². The van der Waals surface area contributed by atoms with Crippen LogP contribution in [0.5, 0.6) is 0 Å². The minimum absolute atomic E-state index is 0.260. The van der Waals surface area contributed by atoms with E-state index in [1.807, 2.05) is 0 Å². The van der Waals surface area contributed by atoms with E-state index in [0.29, 0.717) is 5.69 Å². The molecule has 0 aromatic heterocycles. The zero-order valence-corrected chi connectivity index (χ0v) is 7.66. The van der Waals surface area contributed by atoms with Gasteiger partial charge >= 0.3 is 5.97 Å². The first kappa shape index (κ1) is 10.2. The van der Waals surface area contributed by atoms with Crippen molar-refractivity contribution in [3.8, 4) is 0 Å². The summed E-state index contributed by atoms with van der Waals surface area (Å²) >= 11 is 0. The molecule has 0 heterocycles. The van der Waals surface area contributed by atoms with Crippen LogP contribution in [0.3, 0.4) is 0 Å². The maximum absolute atomic E-state index is 13.1. The number of esters is 1. The number of hydrogen-bond donors (Lipinski definition) is 1. The topological polar surface area (TPSA) is 52.3 Å². The van der Waals surface area contributed by atoms with Crippen molar-refractivity contribution in [1.82, 2.24) is 0 Å². The number of rotatable bonds is 2. The molecule has 74 valence electrons. The average Bonchev–Trinajstić information content (AvgIpc) is 2.19. The number of carbonyl (C=O) groups is 1. The second-order valence-electron chi connectivity index (χ2n) is 2.64. The molecular weight excluding hydrogens is 185 g/mol. The van der Waals surface area contributed by atoms with Crippen LogP contribution in [0.2, 0.25) is 0 Å². The average molecular weight is 195 g/mol. The normalized spacial score (nSPS) is 10.4. The quantitative estimate of drug-likeness (QED) is 0.443. The molecule has 0 saturated heterocycles. The van der Waals surface area contributed by atoms with Crippen molar-refractivity contribution in [2.75, 3.05) is 12.8 Å². The number of anilines is 1. The predicted octanol–water partition coefficient (Wildman–Crippen LogP) is 1.59. The van der Waals surface area contributed by atoms with Crippen LogP contribution in [0.1, 0.15) is 5.56 Å². The van der Waals surface area contributed by atoms with E-state index in [9.17, 15) is 9.18 Å².